The maximum absolute atomic E-state index is 13.3. The molecule has 2 fully saturated rings. The molecule has 2 aromatic carbocycles. The number of hydrogen-bond donors (Lipinski definition) is 3. The van der Waals surface area contributed by atoms with E-state index in [1.807, 2.05) is 60.7 Å². The molecule has 0 heterocycles. The first-order valence-electron chi connectivity index (χ1n) is 11.0. The standard InChI is InChI=1S/C25H31NO5/c27-21-13-25(24(29)26-15-18-11-12-18,31-17-20-9-5-2-6-10-20)14-22(23(21)28)30-16-19-7-3-1-4-8-19/h1-10,18,21-23,27-28H,11-17H2,(H,26,29)/t21-,22+,23-,25+/m1/s1. The van der Waals surface area contributed by atoms with Crippen LogP contribution in [0.4, 0.5) is 0 Å². The largest absolute Gasteiger partial charge is 0.390 e. The van der Waals surface area contributed by atoms with Gasteiger partial charge in [0.15, 0.2) is 5.60 Å². The first-order valence-corrected chi connectivity index (χ1v) is 11.0. The van der Waals surface area contributed by atoms with Gasteiger partial charge in [-0.1, -0.05) is 60.7 Å². The van der Waals surface area contributed by atoms with Crippen molar-refractivity contribution in [3.8, 4) is 0 Å². The van der Waals surface area contributed by atoms with Gasteiger partial charge in [0.2, 0.25) is 0 Å². The average molecular weight is 426 g/mol. The molecule has 0 aromatic heterocycles. The molecule has 6 nitrogen and oxygen atoms in total. The number of aliphatic hydroxyl groups is 2. The Morgan fingerprint density at radius 1 is 0.935 bits per heavy atom. The van der Waals surface area contributed by atoms with E-state index >= 15 is 0 Å². The van der Waals surface area contributed by atoms with Crippen LogP contribution in [0.1, 0.15) is 36.8 Å². The van der Waals surface area contributed by atoms with Crippen LogP contribution in [0.5, 0.6) is 0 Å². The van der Waals surface area contributed by atoms with Gasteiger partial charge in [-0.2, -0.15) is 0 Å². The molecule has 166 valence electrons. The minimum atomic E-state index is -1.26. The van der Waals surface area contributed by atoms with Gasteiger partial charge in [-0.25, -0.2) is 0 Å². The van der Waals surface area contributed by atoms with Crippen LogP contribution < -0.4 is 5.32 Å². The van der Waals surface area contributed by atoms with Crippen molar-refractivity contribution in [3.05, 3.63) is 71.8 Å². The van der Waals surface area contributed by atoms with Crippen LogP contribution in [0.2, 0.25) is 0 Å². The molecule has 1 amide bonds. The number of amides is 1. The average Bonchev–Trinajstić information content (AvgIpc) is 3.63. The van der Waals surface area contributed by atoms with Crippen LogP contribution in [0.25, 0.3) is 0 Å². The van der Waals surface area contributed by atoms with Crippen molar-refractivity contribution in [2.75, 3.05) is 6.54 Å². The molecule has 4 rings (SSSR count). The Balaban J connectivity index is 1.49. The lowest BCUT2D eigenvalue weighted by Gasteiger charge is -2.44. The van der Waals surface area contributed by atoms with Crippen molar-refractivity contribution < 1.29 is 24.5 Å². The van der Waals surface area contributed by atoms with Gasteiger partial charge in [-0.15, -0.1) is 0 Å². The normalized spacial score (nSPS) is 28.3. The third-order valence-corrected chi connectivity index (χ3v) is 6.17. The zero-order valence-electron chi connectivity index (χ0n) is 17.7. The molecule has 2 aromatic rings. The van der Waals surface area contributed by atoms with E-state index in [0.29, 0.717) is 12.5 Å². The molecule has 0 saturated heterocycles. The molecule has 0 unspecified atom stereocenters. The maximum Gasteiger partial charge on any atom is 0.252 e. The number of aliphatic hydroxyl groups excluding tert-OH is 2. The number of hydrogen-bond acceptors (Lipinski definition) is 5. The first-order chi connectivity index (χ1) is 15.1. The summed E-state index contributed by atoms with van der Waals surface area (Å²) in [7, 11) is 0. The number of rotatable bonds is 9. The van der Waals surface area contributed by atoms with Crippen LogP contribution in [0.15, 0.2) is 60.7 Å². The predicted molar refractivity (Wildman–Crippen MR) is 116 cm³/mol. The van der Waals surface area contributed by atoms with Gasteiger partial charge in [0.1, 0.15) is 6.10 Å². The van der Waals surface area contributed by atoms with Crippen molar-refractivity contribution >= 4 is 5.91 Å². The van der Waals surface area contributed by atoms with Gasteiger partial charge in [0, 0.05) is 19.4 Å². The third-order valence-electron chi connectivity index (χ3n) is 6.17. The molecule has 6 heteroatoms. The van der Waals surface area contributed by atoms with Gasteiger partial charge in [-0.05, 0) is 29.9 Å². The van der Waals surface area contributed by atoms with E-state index in [1.165, 1.54) is 0 Å². The van der Waals surface area contributed by atoms with E-state index in [9.17, 15) is 15.0 Å². The van der Waals surface area contributed by atoms with Gasteiger partial charge in [0.25, 0.3) is 5.91 Å². The van der Waals surface area contributed by atoms with Crippen molar-refractivity contribution in [2.45, 2.75) is 62.8 Å². The molecule has 0 radical (unpaired) electrons. The van der Waals surface area contributed by atoms with Gasteiger partial charge >= 0.3 is 0 Å². The molecule has 0 spiro atoms. The highest BCUT2D eigenvalue weighted by Gasteiger charge is 2.51. The highest BCUT2D eigenvalue weighted by atomic mass is 16.5. The first kappa shape index (κ1) is 22.0. The molecule has 0 bridgehead atoms. The molecule has 3 N–H and O–H groups in total. The fraction of sp³-hybridized carbons (Fsp3) is 0.480. The summed E-state index contributed by atoms with van der Waals surface area (Å²) in [4.78, 5) is 13.3. The summed E-state index contributed by atoms with van der Waals surface area (Å²) in [5, 5.41) is 24.2. The summed E-state index contributed by atoms with van der Waals surface area (Å²) in [6.45, 7) is 1.14. The van der Waals surface area contributed by atoms with E-state index in [4.69, 9.17) is 9.47 Å². The van der Waals surface area contributed by atoms with E-state index in [1.54, 1.807) is 0 Å². The summed E-state index contributed by atoms with van der Waals surface area (Å²) in [5.41, 5.74) is 0.646. The van der Waals surface area contributed by atoms with Crippen LogP contribution >= 0.6 is 0 Å². The number of benzene rings is 2. The molecule has 31 heavy (non-hydrogen) atoms. The van der Waals surface area contributed by atoms with E-state index in [-0.39, 0.29) is 32.0 Å². The highest BCUT2D eigenvalue weighted by molar-refractivity contribution is 5.85. The maximum atomic E-state index is 13.3. The number of carbonyl (C=O) groups excluding carboxylic acids is 1. The highest BCUT2D eigenvalue weighted by Crippen LogP contribution is 2.36. The molecule has 4 atom stereocenters. The monoisotopic (exact) mass is 425 g/mol. The Bertz CT molecular complexity index is 842. The van der Waals surface area contributed by atoms with Crippen molar-refractivity contribution in [1.29, 1.82) is 0 Å². The summed E-state index contributed by atoms with van der Waals surface area (Å²) in [6.07, 6.45) is -0.439. The molecular weight excluding hydrogens is 394 g/mol. The van der Waals surface area contributed by atoms with Crippen LogP contribution in [0, 0.1) is 5.92 Å². The van der Waals surface area contributed by atoms with E-state index in [2.05, 4.69) is 5.32 Å². The van der Waals surface area contributed by atoms with Crippen LogP contribution in [-0.2, 0) is 27.5 Å². The smallest absolute Gasteiger partial charge is 0.252 e. The fourth-order valence-electron chi connectivity index (χ4n) is 4.06. The molecule has 2 saturated carbocycles. The van der Waals surface area contributed by atoms with Crippen LogP contribution in [0.3, 0.4) is 0 Å². The third kappa shape index (κ3) is 5.71. The minimum absolute atomic E-state index is 0.0305. The molecule has 2 aliphatic rings. The second-order valence-corrected chi connectivity index (χ2v) is 8.72. The number of ether oxygens (including phenoxy) is 2. The zero-order valence-corrected chi connectivity index (χ0v) is 17.7. The molecule has 2 aliphatic carbocycles. The predicted octanol–water partition coefficient (Wildman–Crippen LogP) is 2.57. The molecular formula is C25H31NO5. The Hall–Kier alpha value is -2.25. The quantitative estimate of drug-likeness (QED) is 0.575. The Morgan fingerprint density at radius 2 is 1.55 bits per heavy atom. The SMILES string of the molecule is O=C(NCC1CC1)[C@]1(OCc2ccccc2)C[C@@H](O)[C@@H](O)[C@@H](OCc2ccccc2)C1. The van der Waals surface area contributed by atoms with Crippen molar-refractivity contribution in [2.24, 2.45) is 5.92 Å². The summed E-state index contributed by atoms with van der Waals surface area (Å²) < 4.78 is 12.2. The lowest BCUT2D eigenvalue weighted by atomic mass is 9.78. The van der Waals surface area contributed by atoms with Crippen LogP contribution in [-0.4, -0.2) is 46.6 Å². The minimum Gasteiger partial charge on any atom is -0.390 e. The van der Waals surface area contributed by atoms with Gasteiger partial charge < -0.3 is 25.0 Å². The van der Waals surface area contributed by atoms with E-state index in [0.717, 1.165) is 24.0 Å². The van der Waals surface area contributed by atoms with Crippen molar-refractivity contribution in [3.63, 3.8) is 0 Å². The van der Waals surface area contributed by atoms with Gasteiger partial charge in [-0.3, -0.25) is 4.79 Å². The fourth-order valence-corrected chi connectivity index (χ4v) is 4.06. The Morgan fingerprint density at radius 3 is 2.16 bits per heavy atom. The lowest BCUT2D eigenvalue weighted by Crippen LogP contribution is -2.60. The van der Waals surface area contributed by atoms with E-state index < -0.39 is 23.9 Å². The molecule has 0 aliphatic heterocycles. The summed E-state index contributed by atoms with van der Waals surface area (Å²) in [5.74, 6) is 0.286. The van der Waals surface area contributed by atoms with Gasteiger partial charge in [0.05, 0.1) is 25.4 Å². The Labute approximate surface area is 183 Å². The lowest BCUT2D eigenvalue weighted by molar-refractivity contribution is -0.200. The zero-order chi connectivity index (χ0) is 21.7. The second-order valence-electron chi connectivity index (χ2n) is 8.72. The summed E-state index contributed by atoms with van der Waals surface area (Å²) >= 11 is 0. The number of carbonyl (C=O) groups is 1. The van der Waals surface area contributed by atoms with Crippen molar-refractivity contribution in [1.82, 2.24) is 5.32 Å². The number of nitrogens with one attached hydrogen (secondary N) is 1. The summed E-state index contributed by atoms with van der Waals surface area (Å²) in [6, 6.07) is 19.3. The topological polar surface area (TPSA) is 88.0 Å². The Kier molecular flexibility index (Phi) is 7.02. The second kappa shape index (κ2) is 9.92.